The van der Waals surface area contributed by atoms with E-state index in [4.69, 9.17) is 0 Å². The second-order valence-corrected chi connectivity index (χ2v) is 8.15. The van der Waals surface area contributed by atoms with E-state index in [9.17, 15) is 9.83 Å². The van der Waals surface area contributed by atoms with Crippen LogP contribution in [0.3, 0.4) is 0 Å². The van der Waals surface area contributed by atoms with Gasteiger partial charge in [-0.05, 0) is 19.1 Å². The van der Waals surface area contributed by atoms with Crippen LogP contribution in [0, 0.1) is 18.3 Å². The van der Waals surface area contributed by atoms with Crippen molar-refractivity contribution in [2.24, 2.45) is 0 Å². The third kappa shape index (κ3) is 2.72. The molecule has 0 aromatic heterocycles. The Kier molecular flexibility index (Phi) is 4.15. The van der Waals surface area contributed by atoms with Crippen LogP contribution in [0.4, 0.5) is 0 Å². The predicted octanol–water partition coefficient (Wildman–Crippen LogP) is 3.51. The van der Waals surface area contributed by atoms with Gasteiger partial charge < -0.3 is 4.57 Å². The van der Waals surface area contributed by atoms with Gasteiger partial charge in [-0.15, -0.1) is 0 Å². The first kappa shape index (κ1) is 15.3. The summed E-state index contributed by atoms with van der Waals surface area (Å²) in [5.41, 5.74) is 1.46. The summed E-state index contributed by atoms with van der Waals surface area (Å²) in [6.07, 6.45) is 0. The van der Waals surface area contributed by atoms with Gasteiger partial charge in [-0.3, -0.25) is 0 Å². The molecule has 0 bridgehead atoms. The van der Waals surface area contributed by atoms with Gasteiger partial charge >= 0.3 is 0 Å². The average molecular weight is 317 g/mol. The highest BCUT2D eigenvalue weighted by Gasteiger charge is 2.31. The minimum atomic E-state index is -3.08. The Labute approximate surface area is 136 Å². The largest absolute Gasteiger partial charge is 0.309 e. The Morgan fingerprint density at radius 3 is 1.83 bits per heavy atom. The molecule has 3 aromatic carbocycles. The lowest BCUT2D eigenvalue weighted by Crippen LogP contribution is -2.27. The number of hydrogen-bond donors (Lipinski definition) is 0. The number of hydrogen-bond acceptors (Lipinski definition) is 2. The van der Waals surface area contributed by atoms with E-state index < -0.39 is 7.14 Å². The number of rotatable bonds is 3. The molecular formula is C20H16NOP. The van der Waals surface area contributed by atoms with E-state index in [0.29, 0.717) is 10.9 Å². The van der Waals surface area contributed by atoms with Crippen molar-refractivity contribution < 1.29 is 4.57 Å². The lowest BCUT2D eigenvalue weighted by molar-refractivity contribution is 0.592. The van der Waals surface area contributed by atoms with E-state index in [0.717, 1.165) is 16.2 Å². The van der Waals surface area contributed by atoms with Gasteiger partial charge in [0.2, 0.25) is 0 Å². The minimum absolute atomic E-state index is 0.464. The average Bonchev–Trinajstić information content (AvgIpc) is 2.62. The molecule has 0 fully saturated rings. The third-order valence-electron chi connectivity index (χ3n) is 3.85. The first-order valence-corrected chi connectivity index (χ1v) is 9.09. The van der Waals surface area contributed by atoms with E-state index in [-0.39, 0.29) is 0 Å². The second kappa shape index (κ2) is 6.24. The highest BCUT2D eigenvalue weighted by Crippen LogP contribution is 2.43. The highest BCUT2D eigenvalue weighted by atomic mass is 31.2. The zero-order valence-electron chi connectivity index (χ0n) is 12.8. The molecule has 23 heavy (non-hydrogen) atoms. The summed E-state index contributed by atoms with van der Waals surface area (Å²) in [6.45, 7) is 1.95. The molecule has 0 aliphatic heterocycles. The van der Waals surface area contributed by atoms with Crippen molar-refractivity contribution in [3.05, 3.63) is 90.0 Å². The molecule has 3 rings (SSSR count). The Morgan fingerprint density at radius 1 is 0.826 bits per heavy atom. The first-order valence-electron chi connectivity index (χ1n) is 7.39. The first-order chi connectivity index (χ1) is 11.2. The molecule has 112 valence electrons. The van der Waals surface area contributed by atoms with Crippen molar-refractivity contribution in [3.63, 3.8) is 0 Å². The van der Waals surface area contributed by atoms with Crippen molar-refractivity contribution in [2.45, 2.75) is 6.92 Å². The molecule has 3 aromatic rings. The van der Waals surface area contributed by atoms with Gasteiger partial charge in [-0.2, -0.15) is 5.26 Å². The van der Waals surface area contributed by atoms with E-state index in [2.05, 4.69) is 6.07 Å². The summed E-state index contributed by atoms with van der Waals surface area (Å²) in [4.78, 5) is 0. The van der Waals surface area contributed by atoms with Crippen LogP contribution >= 0.6 is 7.14 Å². The van der Waals surface area contributed by atoms with Crippen LogP contribution in [0.5, 0.6) is 0 Å². The lowest BCUT2D eigenvalue weighted by Gasteiger charge is -2.21. The van der Waals surface area contributed by atoms with Gasteiger partial charge in [-0.25, -0.2) is 0 Å². The molecule has 0 aliphatic rings. The summed E-state index contributed by atoms with van der Waals surface area (Å²) in [5.74, 6) is 0. The zero-order chi connectivity index (χ0) is 16.3. The maximum atomic E-state index is 14.2. The quantitative estimate of drug-likeness (QED) is 0.694. The number of nitriles is 1. The Bertz CT molecular complexity index is 868. The normalized spacial score (nSPS) is 11.0. The van der Waals surface area contributed by atoms with Gasteiger partial charge in [-0.1, -0.05) is 72.3 Å². The second-order valence-electron chi connectivity index (χ2n) is 5.41. The van der Waals surface area contributed by atoms with Crippen LogP contribution in [-0.4, -0.2) is 0 Å². The standard InChI is InChI=1S/C20H16NOP/c1-16-12-13-17(15-21)20(14-16)23(22,18-8-4-2-5-9-18)19-10-6-3-7-11-19/h2-14H,1H3. The molecule has 0 N–H and O–H groups in total. The van der Waals surface area contributed by atoms with Crippen molar-refractivity contribution in [1.29, 1.82) is 5.26 Å². The van der Waals surface area contributed by atoms with Crippen LogP contribution in [-0.2, 0) is 4.57 Å². The van der Waals surface area contributed by atoms with Crippen LogP contribution in [0.15, 0.2) is 78.9 Å². The van der Waals surface area contributed by atoms with Crippen molar-refractivity contribution in [1.82, 2.24) is 0 Å². The molecule has 0 amide bonds. The SMILES string of the molecule is Cc1ccc(C#N)c(P(=O)(c2ccccc2)c2ccccc2)c1. The number of aryl methyl sites for hydroxylation is 1. The summed E-state index contributed by atoms with van der Waals surface area (Å²) in [6, 6.07) is 26.5. The monoisotopic (exact) mass is 317 g/mol. The topological polar surface area (TPSA) is 40.9 Å². The molecule has 0 heterocycles. The molecule has 0 saturated heterocycles. The van der Waals surface area contributed by atoms with Gasteiger partial charge in [0.15, 0.2) is 7.14 Å². The molecule has 3 heteroatoms. The molecule has 0 spiro atoms. The van der Waals surface area contributed by atoms with Gasteiger partial charge in [0.1, 0.15) is 0 Å². The van der Waals surface area contributed by atoms with E-state index in [1.807, 2.05) is 79.7 Å². The summed E-state index contributed by atoms with van der Waals surface area (Å²) >= 11 is 0. The van der Waals surface area contributed by atoms with E-state index in [1.165, 1.54) is 0 Å². The summed E-state index contributed by atoms with van der Waals surface area (Å²) < 4.78 is 14.2. The maximum Gasteiger partial charge on any atom is 0.172 e. The van der Waals surface area contributed by atoms with Gasteiger partial charge in [0.05, 0.1) is 11.6 Å². The fraction of sp³-hybridized carbons (Fsp3) is 0.0500. The predicted molar refractivity (Wildman–Crippen MR) is 95.3 cm³/mol. The Balaban J connectivity index is 2.38. The maximum absolute atomic E-state index is 14.2. The van der Waals surface area contributed by atoms with Crippen molar-refractivity contribution >= 4 is 23.1 Å². The molecule has 0 radical (unpaired) electrons. The molecular weight excluding hydrogens is 301 g/mol. The molecule has 2 nitrogen and oxygen atoms in total. The smallest absolute Gasteiger partial charge is 0.172 e. The fourth-order valence-corrected chi connectivity index (χ4v) is 5.59. The molecule has 0 atom stereocenters. The van der Waals surface area contributed by atoms with Crippen LogP contribution in [0.25, 0.3) is 0 Å². The van der Waals surface area contributed by atoms with Crippen molar-refractivity contribution in [2.75, 3.05) is 0 Å². The zero-order valence-corrected chi connectivity index (χ0v) is 13.7. The van der Waals surface area contributed by atoms with E-state index >= 15 is 0 Å². The molecule has 0 saturated carbocycles. The molecule has 0 unspecified atom stereocenters. The molecule has 0 aliphatic carbocycles. The summed E-state index contributed by atoms with van der Waals surface area (Å²) in [7, 11) is -3.08. The fourth-order valence-electron chi connectivity index (χ4n) is 2.70. The van der Waals surface area contributed by atoms with E-state index in [1.54, 1.807) is 6.07 Å². The van der Waals surface area contributed by atoms with Crippen LogP contribution in [0.1, 0.15) is 11.1 Å². The van der Waals surface area contributed by atoms with Gasteiger partial charge in [0.25, 0.3) is 0 Å². The Morgan fingerprint density at radius 2 is 1.35 bits per heavy atom. The Hall–Kier alpha value is -2.62. The van der Waals surface area contributed by atoms with Crippen LogP contribution < -0.4 is 15.9 Å². The van der Waals surface area contributed by atoms with Crippen LogP contribution in [0.2, 0.25) is 0 Å². The highest BCUT2D eigenvalue weighted by molar-refractivity contribution is 7.85. The minimum Gasteiger partial charge on any atom is -0.309 e. The van der Waals surface area contributed by atoms with Gasteiger partial charge in [0, 0.05) is 15.9 Å². The number of nitrogens with zero attached hydrogens (tertiary/aromatic N) is 1. The summed E-state index contributed by atoms with van der Waals surface area (Å²) in [5, 5.41) is 11.6. The van der Waals surface area contributed by atoms with Crippen molar-refractivity contribution in [3.8, 4) is 6.07 Å². The lowest BCUT2D eigenvalue weighted by atomic mass is 10.2. The number of benzene rings is 3. The third-order valence-corrected chi connectivity index (χ3v) is 6.95.